The first-order valence-corrected chi connectivity index (χ1v) is 7.02. The summed E-state index contributed by atoms with van der Waals surface area (Å²) in [6, 6.07) is 1.65. The number of nitrogens with zero attached hydrogens (tertiary/aromatic N) is 3. The smallest absolute Gasteiger partial charge is 0.381 e. The van der Waals surface area contributed by atoms with Crippen LogP contribution in [0.4, 0.5) is 13.2 Å². The Morgan fingerprint density at radius 1 is 1.26 bits per heavy atom. The van der Waals surface area contributed by atoms with Crippen molar-refractivity contribution in [1.29, 1.82) is 0 Å². The highest BCUT2D eigenvalue weighted by atomic mass is 19.4. The third-order valence-electron chi connectivity index (χ3n) is 3.75. The van der Waals surface area contributed by atoms with Crippen LogP contribution < -0.4 is 0 Å². The maximum Gasteiger partial charge on any atom is 0.451 e. The van der Waals surface area contributed by atoms with Gasteiger partial charge in [0.2, 0.25) is 5.82 Å². The molecule has 0 atom stereocenters. The minimum Gasteiger partial charge on any atom is -0.381 e. The number of nitrogens with one attached hydrogen (secondary N) is 1. The van der Waals surface area contributed by atoms with Crippen LogP contribution in [-0.4, -0.2) is 39.7 Å². The summed E-state index contributed by atoms with van der Waals surface area (Å²) in [6.45, 7) is 1.24. The molecule has 1 N–H and O–H groups in total. The van der Waals surface area contributed by atoms with E-state index in [1.165, 1.54) is 0 Å². The quantitative estimate of drug-likeness (QED) is 0.877. The van der Waals surface area contributed by atoms with E-state index in [1.807, 2.05) is 0 Å². The summed E-state index contributed by atoms with van der Waals surface area (Å²) in [6.07, 6.45) is -0.973. The van der Waals surface area contributed by atoms with Crippen molar-refractivity contribution in [3.8, 4) is 11.4 Å². The van der Waals surface area contributed by atoms with E-state index in [4.69, 9.17) is 4.74 Å². The molecule has 9 heteroatoms. The molecule has 23 heavy (non-hydrogen) atoms. The molecule has 1 saturated heterocycles. The fourth-order valence-electron chi connectivity index (χ4n) is 2.54. The fraction of sp³-hybridized carbons (Fsp3) is 0.429. The van der Waals surface area contributed by atoms with Crippen molar-refractivity contribution in [1.82, 2.24) is 20.2 Å². The molecule has 6 nitrogen and oxygen atoms in total. The number of rotatable bonds is 3. The number of aldehydes is 1. The molecule has 122 valence electrons. The Balaban J connectivity index is 1.99. The van der Waals surface area contributed by atoms with Gasteiger partial charge in [-0.15, -0.1) is 10.2 Å². The highest BCUT2D eigenvalue weighted by molar-refractivity contribution is 5.83. The van der Waals surface area contributed by atoms with Gasteiger partial charge in [0.25, 0.3) is 0 Å². The molecule has 0 radical (unpaired) electrons. The summed E-state index contributed by atoms with van der Waals surface area (Å²) in [7, 11) is 0. The molecule has 1 aliphatic heterocycles. The van der Waals surface area contributed by atoms with Crippen LogP contribution in [0, 0.1) is 0 Å². The fourth-order valence-corrected chi connectivity index (χ4v) is 2.54. The maximum atomic E-state index is 12.6. The van der Waals surface area contributed by atoms with Crippen molar-refractivity contribution in [3.63, 3.8) is 0 Å². The molecule has 0 unspecified atom stereocenters. The predicted octanol–water partition coefficient (Wildman–Crippen LogP) is 2.59. The standard InChI is InChI=1S/C14H13F3N4O2/c15-14(16,17)13-19-12(20-21-13)10-5-9(6-18-11(10)7-22)8-1-3-23-4-2-8/h5-8H,1-4H2,(H,19,20,21). The molecule has 3 rings (SSSR count). The first-order valence-electron chi connectivity index (χ1n) is 7.02. The molecule has 2 aromatic heterocycles. The van der Waals surface area contributed by atoms with Gasteiger partial charge < -0.3 is 9.72 Å². The van der Waals surface area contributed by atoms with Crippen LogP contribution in [0.1, 0.15) is 40.6 Å². The van der Waals surface area contributed by atoms with E-state index < -0.39 is 12.0 Å². The minimum absolute atomic E-state index is 0.0192. The zero-order valence-electron chi connectivity index (χ0n) is 11.9. The number of H-pyrrole nitrogens is 1. The Kier molecular flexibility index (Phi) is 4.12. The van der Waals surface area contributed by atoms with Crippen LogP contribution in [0.15, 0.2) is 12.3 Å². The van der Waals surface area contributed by atoms with Crippen molar-refractivity contribution < 1.29 is 22.7 Å². The van der Waals surface area contributed by atoms with Gasteiger partial charge in [-0.25, -0.2) is 0 Å². The predicted molar refractivity (Wildman–Crippen MR) is 72.8 cm³/mol. The number of carbonyl (C=O) groups is 1. The first-order chi connectivity index (χ1) is 11.0. The molecule has 1 aliphatic rings. The van der Waals surface area contributed by atoms with Crippen molar-refractivity contribution in [3.05, 3.63) is 29.3 Å². The number of hydrogen-bond donors (Lipinski definition) is 1. The lowest BCUT2D eigenvalue weighted by atomic mass is 9.91. The Hall–Kier alpha value is -2.29. The average molecular weight is 326 g/mol. The SMILES string of the molecule is O=Cc1ncc(C2CCOCC2)cc1-c1nnc(C(F)(F)F)[nH]1. The maximum absolute atomic E-state index is 12.6. The molecule has 0 aliphatic carbocycles. The first kappa shape index (κ1) is 15.6. The molecule has 0 spiro atoms. The topological polar surface area (TPSA) is 80.8 Å². The van der Waals surface area contributed by atoms with Crippen LogP contribution in [-0.2, 0) is 10.9 Å². The van der Waals surface area contributed by atoms with Crippen LogP contribution in [0.2, 0.25) is 0 Å². The summed E-state index contributed by atoms with van der Waals surface area (Å²) in [5, 5.41) is 6.59. The minimum atomic E-state index is -4.63. The highest BCUT2D eigenvalue weighted by Gasteiger charge is 2.35. The van der Waals surface area contributed by atoms with Crippen LogP contribution in [0.5, 0.6) is 0 Å². The Bertz CT molecular complexity index is 708. The normalized spacial score (nSPS) is 16.5. The van der Waals surface area contributed by atoms with E-state index in [0.29, 0.717) is 19.5 Å². The summed E-state index contributed by atoms with van der Waals surface area (Å²) < 4.78 is 43.2. The second kappa shape index (κ2) is 6.07. The molecular weight excluding hydrogens is 313 g/mol. The van der Waals surface area contributed by atoms with E-state index in [2.05, 4.69) is 20.2 Å². The molecule has 3 heterocycles. The molecule has 0 bridgehead atoms. The van der Waals surface area contributed by atoms with Crippen molar-refractivity contribution in [2.45, 2.75) is 24.9 Å². The van der Waals surface area contributed by atoms with Crippen LogP contribution in [0.25, 0.3) is 11.4 Å². The lowest BCUT2D eigenvalue weighted by Gasteiger charge is -2.22. The molecule has 0 saturated carbocycles. The number of aromatic nitrogens is 4. The van der Waals surface area contributed by atoms with Gasteiger partial charge in [0, 0.05) is 25.0 Å². The number of carbonyl (C=O) groups excluding carboxylic acids is 1. The summed E-state index contributed by atoms with van der Waals surface area (Å²) in [5.41, 5.74) is 1.08. The van der Waals surface area contributed by atoms with Gasteiger partial charge >= 0.3 is 6.18 Å². The van der Waals surface area contributed by atoms with E-state index in [0.717, 1.165) is 18.4 Å². The Morgan fingerprint density at radius 2 is 2.00 bits per heavy atom. The van der Waals surface area contributed by atoms with Crippen molar-refractivity contribution in [2.24, 2.45) is 0 Å². The van der Waals surface area contributed by atoms with Crippen LogP contribution >= 0.6 is 0 Å². The third kappa shape index (κ3) is 3.24. The largest absolute Gasteiger partial charge is 0.451 e. The second-order valence-corrected chi connectivity index (χ2v) is 5.23. The number of pyridine rings is 1. The van der Waals surface area contributed by atoms with E-state index in [1.54, 1.807) is 12.3 Å². The van der Waals surface area contributed by atoms with E-state index >= 15 is 0 Å². The zero-order valence-corrected chi connectivity index (χ0v) is 11.9. The number of aromatic amines is 1. The average Bonchev–Trinajstić information content (AvgIpc) is 3.05. The van der Waals surface area contributed by atoms with Gasteiger partial charge in [0.1, 0.15) is 5.69 Å². The van der Waals surface area contributed by atoms with Crippen molar-refractivity contribution >= 4 is 6.29 Å². The Morgan fingerprint density at radius 3 is 2.61 bits per heavy atom. The number of hydrogen-bond acceptors (Lipinski definition) is 5. The van der Waals surface area contributed by atoms with Crippen LogP contribution in [0.3, 0.4) is 0 Å². The molecule has 0 aromatic carbocycles. The monoisotopic (exact) mass is 326 g/mol. The van der Waals surface area contributed by atoms with Crippen molar-refractivity contribution in [2.75, 3.05) is 13.2 Å². The third-order valence-corrected chi connectivity index (χ3v) is 3.75. The Labute approximate surface area is 129 Å². The molecule has 0 amide bonds. The van der Waals surface area contributed by atoms with Gasteiger partial charge in [0.15, 0.2) is 12.1 Å². The lowest BCUT2D eigenvalue weighted by Crippen LogP contribution is -2.14. The summed E-state index contributed by atoms with van der Waals surface area (Å²) in [5.74, 6) is -1.14. The van der Waals surface area contributed by atoms with Gasteiger partial charge in [-0.1, -0.05) is 0 Å². The zero-order chi connectivity index (χ0) is 16.4. The number of alkyl halides is 3. The van der Waals surface area contributed by atoms with Gasteiger partial charge in [-0.3, -0.25) is 9.78 Å². The summed E-state index contributed by atoms with van der Waals surface area (Å²) >= 11 is 0. The highest BCUT2D eigenvalue weighted by Crippen LogP contribution is 2.31. The lowest BCUT2D eigenvalue weighted by molar-refractivity contribution is -0.144. The number of halogens is 3. The van der Waals surface area contributed by atoms with Gasteiger partial charge in [-0.2, -0.15) is 13.2 Å². The summed E-state index contributed by atoms with van der Waals surface area (Å²) in [4.78, 5) is 17.3. The number of ether oxygens (including phenoxy) is 1. The molecule has 2 aromatic rings. The molecular formula is C14H13F3N4O2. The second-order valence-electron chi connectivity index (χ2n) is 5.23. The van der Waals surface area contributed by atoms with Gasteiger partial charge in [0.05, 0.1) is 0 Å². The van der Waals surface area contributed by atoms with E-state index in [9.17, 15) is 18.0 Å². The molecule has 1 fully saturated rings. The van der Waals surface area contributed by atoms with Gasteiger partial charge in [-0.05, 0) is 30.4 Å². The van der Waals surface area contributed by atoms with E-state index in [-0.39, 0.29) is 23.0 Å².